The predicted octanol–water partition coefficient (Wildman–Crippen LogP) is 2.79. The standard InChI is InChI=1S/C17H27N5O2/c1-10(2)16-19-17(24-22-16)15(13-5-7-23-8-6-13)18-9-14-11(3)20-21-12(14)4/h10,13,15,18H,5-9H2,1-4H3,(H,20,21)/t15-/m0/s1. The fourth-order valence-corrected chi connectivity index (χ4v) is 3.16. The molecule has 3 heterocycles. The Bertz CT molecular complexity index is 638. The number of H-pyrrole nitrogens is 1. The van der Waals surface area contributed by atoms with E-state index in [1.165, 1.54) is 5.56 Å². The maximum absolute atomic E-state index is 5.58. The second-order valence-electron chi connectivity index (χ2n) is 6.87. The van der Waals surface area contributed by atoms with E-state index < -0.39 is 0 Å². The molecule has 2 N–H and O–H groups in total. The Morgan fingerprint density at radius 2 is 2.00 bits per heavy atom. The summed E-state index contributed by atoms with van der Waals surface area (Å²) in [5.74, 6) is 2.15. The van der Waals surface area contributed by atoms with Crippen LogP contribution >= 0.6 is 0 Å². The SMILES string of the molecule is Cc1n[nH]c(C)c1CN[C@H](c1nc(C(C)C)no1)C1CCOCC1. The molecule has 2 aromatic rings. The second kappa shape index (κ2) is 7.44. The van der Waals surface area contributed by atoms with E-state index in [2.05, 4.69) is 39.5 Å². The summed E-state index contributed by atoms with van der Waals surface area (Å²) in [7, 11) is 0. The van der Waals surface area contributed by atoms with Crippen molar-refractivity contribution in [1.82, 2.24) is 25.7 Å². The van der Waals surface area contributed by atoms with Gasteiger partial charge in [0.05, 0.1) is 11.7 Å². The van der Waals surface area contributed by atoms with Crippen LogP contribution in [0.4, 0.5) is 0 Å². The average molecular weight is 333 g/mol. The Labute approximate surface area is 142 Å². The molecule has 7 nitrogen and oxygen atoms in total. The molecule has 0 saturated carbocycles. The smallest absolute Gasteiger partial charge is 0.244 e. The number of aromatic nitrogens is 4. The molecule has 1 atom stereocenters. The molecule has 0 unspecified atom stereocenters. The molecule has 2 aromatic heterocycles. The van der Waals surface area contributed by atoms with Gasteiger partial charge in [-0.05, 0) is 32.6 Å². The monoisotopic (exact) mass is 333 g/mol. The third-order valence-electron chi connectivity index (χ3n) is 4.76. The van der Waals surface area contributed by atoms with Gasteiger partial charge in [-0.1, -0.05) is 19.0 Å². The van der Waals surface area contributed by atoms with Gasteiger partial charge in [0.15, 0.2) is 5.82 Å². The first-order chi connectivity index (χ1) is 11.6. The minimum atomic E-state index is 0.0441. The summed E-state index contributed by atoms with van der Waals surface area (Å²) in [6, 6.07) is 0.0441. The van der Waals surface area contributed by atoms with E-state index in [1.807, 2.05) is 13.8 Å². The zero-order valence-electron chi connectivity index (χ0n) is 14.9. The van der Waals surface area contributed by atoms with E-state index in [1.54, 1.807) is 0 Å². The van der Waals surface area contributed by atoms with Crippen molar-refractivity contribution in [2.24, 2.45) is 5.92 Å². The highest BCUT2D eigenvalue weighted by Gasteiger charge is 2.30. The first-order valence-electron chi connectivity index (χ1n) is 8.71. The lowest BCUT2D eigenvalue weighted by atomic mass is 9.91. The summed E-state index contributed by atoms with van der Waals surface area (Å²) in [5.41, 5.74) is 3.33. The van der Waals surface area contributed by atoms with Crippen molar-refractivity contribution in [3.05, 3.63) is 28.7 Å². The lowest BCUT2D eigenvalue weighted by Crippen LogP contribution is -2.32. The normalized spacial score (nSPS) is 17.5. The molecule has 0 bridgehead atoms. The molecule has 1 fully saturated rings. The van der Waals surface area contributed by atoms with Crippen LogP contribution in [0, 0.1) is 19.8 Å². The average Bonchev–Trinajstić information content (AvgIpc) is 3.18. The van der Waals surface area contributed by atoms with Gasteiger partial charge in [-0.15, -0.1) is 0 Å². The summed E-state index contributed by atoms with van der Waals surface area (Å²) in [6.07, 6.45) is 2.00. The van der Waals surface area contributed by atoms with Crippen LogP contribution < -0.4 is 5.32 Å². The van der Waals surface area contributed by atoms with Crippen molar-refractivity contribution in [2.75, 3.05) is 13.2 Å². The zero-order chi connectivity index (χ0) is 17.1. The second-order valence-corrected chi connectivity index (χ2v) is 6.87. The summed E-state index contributed by atoms with van der Waals surface area (Å²) >= 11 is 0. The molecule has 1 aliphatic heterocycles. The first-order valence-corrected chi connectivity index (χ1v) is 8.71. The summed E-state index contributed by atoms with van der Waals surface area (Å²) < 4.78 is 11.1. The van der Waals surface area contributed by atoms with Crippen LogP contribution in [-0.4, -0.2) is 33.6 Å². The number of hydrogen-bond donors (Lipinski definition) is 2. The fraction of sp³-hybridized carbons (Fsp3) is 0.706. The van der Waals surface area contributed by atoms with Gasteiger partial charge in [0.2, 0.25) is 5.89 Å². The highest BCUT2D eigenvalue weighted by molar-refractivity contribution is 5.23. The summed E-state index contributed by atoms with van der Waals surface area (Å²) in [5, 5.41) is 15.1. The van der Waals surface area contributed by atoms with E-state index in [-0.39, 0.29) is 12.0 Å². The number of nitrogens with one attached hydrogen (secondary N) is 2. The number of nitrogens with zero attached hydrogens (tertiary/aromatic N) is 3. The molecule has 24 heavy (non-hydrogen) atoms. The lowest BCUT2D eigenvalue weighted by molar-refractivity contribution is 0.0485. The number of ether oxygens (including phenoxy) is 1. The summed E-state index contributed by atoms with van der Waals surface area (Å²) in [4.78, 5) is 4.63. The molecule has 0 aromatic carbocycles. The maximum atomic E-state index is 5.58. The molecule has 0 aliphatic carbocycles. The van der Waals surface area contributed by atoms with Gasteiger partial charge >= 0.3 is 0 Å². The van der Waals surface area contributed by atoms with E-state index in [4.69, 9.17) is 9.26 Å². The molecule has 0 spiro atoms. The van der Waals surface area contributed by atoms with Crippen molar-refractivity contribution in [1.29, 1.82) is 0 Å². The maximum Gasteiger partial charge on any atom is 0.244 e. The molecule has 1 aliphatic rings. The minimum Gasteiger partial charge on any atom is -0.381 e. The van der Waals surface area contributed by atoms with Crippen molar-refractivity contribution in [3.8, 4) is 0 Å². The van der Waals surface area contributed by atoms with Crippen LogP contribution in [0.2, 0.25) is 0 Å². The number of hydrogen-bond acceptors (Lipinski definition) is 6. The largest absolute Gasteiger partial charge is 0.381 e. The quantitative estimate of drug-likeness (QED) is 0.845. The van der Waals surface area contributed by atoms with Crippen LogP contribution in [0.25, 0.3) is 0 Å². The topological polar surface area (TPSA) is 88.9 Å². The summed E-state index contributed by atoms with van der Waals surface area (Å²) in [6.45, 7) is 10.5. The highest BCUT2D eigenvalue weighted by Crippen LogP contribution is 2.30. The van der Waals surface area contributed by atoms with Crippen LogP contribution in [-0.2, 0) is 11.3 Å². The third-order valence-corrected chi connectivity index (χ3v) is 4.76. The number of aromatic amines is 1. The number of rotatable bonds is 6. The predicted molar refractivity (Wildman–Crippen MR) is 89.6 cm³/mol. The molecular formula is C17H27N5O2. The van der Waals surface area contributed by atoms with Gasteiger partial charge in [-0.2, -0.15) is 10.1 Å². The minimum absolute atomic E-state index is 0.0441. The van der Waals surface area contributed by atoms with E-state index in [9.17, 15) is 0 Å². The van der Waals surface area contributed by atoms with Gasteiger partial charge in [0, 0.05) is 36.9 Å². The first kappa shape index (κ1) is 17.1. The Kier molecular flexibility index (Phi) is 5.30. The van der Waals surface area contributed by atoms with Crippen molar-refractivity contribution in [2.45, 2.75) is 59.0 Å². The molecule has 132 valence electrons. The van der Waals surface area contributed by atoms with Crippen LogP contribution in [0.1, 0.15) is 67.3 Å². The van der Waals surface area contributed by atoms with Crippen molar-refractivity contribution < 1.29 is 9.26 Å². The van der Waals surface area contributed by atoms with Gasteiger partial charge in [-0.25, -0.2) is 0 Å². The fourth-order valence-electron chi connectivity index (χ4n) is 3.16. The highest BCUT2D eigenvalue weighted by atomic mass is 16.5. The van der Waals surface area contributed by atoms with Crippen molar-refractivity contribution in [3.63, 3.8) is 0 Å². The zero-order valence-corrected chi connectivity index (χ0v) is 14.9. The Balaban J connectivity index is 1.78. The molecule has 0 amide bonds. The van der Waals surface area contributed by atoms with E-state index in [0.717, 1.165) is 49.8 Å². The van der Waals surface area contributed by atoms with Crippen LogP contribution in [0.15, 0.2) is 4.52 Å². The van der Waals surface area contributed by atoms with Gasteiger partial charge in [0.1, 0.15) is 0 Å². The van der Waals surface area contributed by atoms with Crippen LogP contribution in [0.3, 0.4) is 0 Å². The third kappa shape index (κ3) is 3.67. The molecule has 3 rings (SSSR count). The Morgan fingerprint density at radius 3 is 2.58 bits per heavy atom. The van der Waals surface area contributed by atoms with Gasteiger partial charge < -0.3 is 14.6 Å². The molecule has 7 heteroatoms. The Morgan fingerprint density at radius 1 is 1.25 bits per heavy atom. The van der Waals surface area contributed by atoms with Gasteiger partial charge in [0.25, 0.3) is 0 Å². The van der Waals surface area contributed by atoms with E-state index in [0.29, 0.717) is 11.8 Å². The molecular weight excluding hydrogens is 306 g/mol. The van der Waals surface area contributed by atoms with Crippen molar-refractivity contribution >= 4 is 0 Å². The lowest BCUT2D eigenvalue weighted by Gasteiger charge is -2.28. The van der Waals surface area contributed by atoms with Crippen LogP contribution in [0.5, 0.6) is 0 Å². The number of aryl methyl sites for hydroxylation is 2. The van der Waals surface area contributed by atoms with Gasteiger partial charge in [-0.3, -0.25) is 5.10 Å². The molecule has 0 radical (unpaired) electrons. The molecule has 1 saturated heterocycles. The Hall–Kier alpha value is -1.73. The van der Waals surface area contributed by atoms with E-state index >= 15 is 0 Å².